The molecule has 24 heavy (non-hydrogen) atoms. The van der Waals surface area contributed by atoms with Crippen LogP contribution in [0.1, 0.15) is 12.6 Å². The summed E-state index contributed by atoms with van der Waals surface area (Å²) in [6, 6.07) is 0. The van der Waals surface area contributed by atoms with Crippen LogP contribution in [-0.2, 0) is 21.1 Å². The minimum Gasteiger partial charge on any atom is -0.379 e. The highest BCUT2D eigenvalue weighted by molar-refractivity contribution is 7.90. The Morgan fingerprint density at radius 1 is 1.38 bits per heavy atom. The van der Waals surface area contributed by atoms with Gasteiger partial charge in [-0.2, -0.15) is 0 Å². The van der Waals surface area contributed by atoms with Crippen LogP contribution >= 0.6 is 11.3 Å². The average molecular weight is 378 g/mol. The summed E-state index contributed by atoms with van der Waals surface area (Å²) >= 11 is 1.59. The molecule has 0 saturated carbocycles. The first-order valence-electron chi connectivity index (χ1n) is 7.71. The molecule has 2 N–H and O–H groups in total. The molecule has 0 radical (unpaired) electrons. The van der Waals surface area contributed by atoms with Crippen LogP contribution in [0.15, 0.2) is 10.4 Å². The third-order valence-corrected chi connectivity index (χ3v) is 4.77. The molecule has 1 heterocycles. The topological polar surface area (TPSA) is 95.9 Å². The van der Waals surface area contributed by atoms with Gasteiger partial charge in [0.2, 0.25) is 0 Å². The molecule has 0 aliphatic rings. The number of hydrogen-bond donors (Lipinski definition) is 2. The number of nitrogens with zero attached hydrogens (tertiary/aromatic N) is 3. The second kappa shape index (κ2) is 10.5. The normalized spacial score (nSPS) is 12.2. The van der Waals surface area contributed by atoms with Crippen molar-refractivity contribution in [2.24, 2.45) is 4.99 Å². The zero-order chi connectivity index (χ0) is 18.0. The largest absolute Gasteiger partial charge is 0.379 e. The van der Waals surface area contributed by atoms with Crippen LogP contribution in [0.25, 0.3) is 0 Å². The Labute approximate surface area is 148 Å². The van der Waals surface area contributed by atoms with Crippen molar-refractivity contribution >= 4 is 32.3 Å². The number of rotatable bonds is 10. The minimum atomic E-state index is -2.97. The summed E-state index contributed by atoms with van der Waals surface area (Å²) in [6.45, 7) is 4.42. The predicted octanol–water partition coefficient (Wildman–Crippen LogP) is 0.325. The number of aromatic nitrogens is 1. The van der Waals surface area contributed by atoms with Gasteiger partial charge in [-0.25, -0.2) is 18.4 Å². The maximum absolute atomic E-state index is 11.0. The molecule has 0 atom stereocenters. The van der Waals surface area contributed by atoms with Crippen LogP contribution < -0.4 is 15.5 Å². The van der Waals surface area contributed by atoms with Crippen molar-refractivity contribution in [1.29, 1.82) is 0 Å². The number of aliphatic imine (C=N–C) groups is 1. The monoisotopic (exact) mass is 377 g/mol. The van der Waals surface area contributed by atoms with Gasteiger partial charge in [0.05, 0.1) is 31.2 Å². The smallest absolute Gasteiger partial charge is 0.191 e. The summed E-state index contributed by atoms with van der Waals surface area (Å²) in [4.78, 5) is 10.9. The molecule has 0 unspecified atom stereocenters. The van der Waals surface area contributed by atoms with E-state index in [4.69, 9.17) is 4.74 Å². The van der Waals surface area contributed by atoms with Crippen molar-refractivity contribution in [3.8, 4) is 0 Å². The first-order chi connectivity index (χ1) is 11.3. The van der Waals surface area contributed by atoms with E-state index in [0.29, 0.717) is 25.7 Å². The first kappa shape index (κ1) is 20.7. The van der Waals surface area contributed by atoms with Crippen molar-refractivity contribution in [1.82, 2.24) is 15.6 Å². The van der Waals surface area contributed by atoms with Gasteiger partial charge < -0.3 is 20.3 Å². The molecule has 8 nitrogen and oxygen atoms in total. The average Bonchev–Trinajstić information content (AvgIpc) is 2.96. The van der Waals surface area contributed by atoms with Crippen LogP contribution in [-0.4, -0.2) is 71.8 Å². The number of ether oxygens (including phenoxy) is 1. The molecule has 138 valence electrons. The Bertz CT molecular complexity index is 614. The molecule has 0 fully saturated rings. The number of anilines is 1. The molecule has 1 rings (SSSR count). The number of thiazole rings is 1. The van der Waals surface area contributed by atoms with Crippen molar-refractivity contribution in [3.05, 3.63) is 11.1 Å². The van der Waals surface area contributed by atoms with Crippen LogP contribution in [0.4, 0.5) is 5.13 Å². The van der Waals surface area contributed by atoms with Crippen molar-refractivity contribution in [2.75, 3.05) is 57.3 Å². The molecule has 0 aliphatic carbocycles. The Kier molecular flexibility index (Phi) is 9.01. The molecular weight excluding hydrogens is 350 g/mol. The van der Waals surface area contributed by atoms with Gasteiger partial charge in [-0.15, -0.1) is 11.3 Å². The lowest BCUT2D eigenvalue weighted by Gasteiger charge is -2.11. The van der Waals surface area contributed by atoms with Gasteiger partial charge in [0, 0.05) is 38.8 Å². The minimum absolute atomic E-state index is 0.0409. The Morgan fingerprint density at radius 2 is 2.12 bits per heavy atom. The maximum Gasteiger partial charge on any atom is 0.191 e. The number of nitrogens with one attached hydrogen (secondary N) is 2. The maximum atomic E-state index is 11.0. The summed E-state index contributed by atoms with van der Waals surface area (Å²) in [7, 11) is 0.949. The quantitative estimate of drug-likeness (QED) is 0.344. The summed E-state index contributed by atoms with van der Waals surface area (Å²) in [5.41, 5.74) is 0.922. The zero-order valence-corrected chi connectivity index (χ0v) is 16.3. The van der Waals surface area contributed by atoms with Gasteiger partial charge in [-0.05, 0) is 6.92 Å². The number of hydrogen-bond acceptors (Lipinski definition) is 7. The van der Waals surface area contributed by atoms with Crippen LogP contribution in [0.2, 0.25) is 0 Å². The highest BCUT2D eigenvalue weighted by Gasteiger charge is 2.04. The summed E-state index contributed by atoms with van der Waals surface area (Å²) in [5.74, 6) is 0.725. The molecule has 0 aliphatic heterocycles. The predicted molar refractivity (Wildman–Crippen MR) is 99.8 cm³/mol. The lowest BCUT2D eigenvalue weighted by molar-refractivity contribution is 0.154. The fourth-order valence-electron chi connectivity index (χ4n) is 1.63. The Morgan fingerprint density at radius 3 is 2.71 bits per heavy atom. The molecule has 0 amide bonds. The fraction of sp³-hybridized carbons (Fsp3) is 0.714. The van der Waals surface area contributed by atoms with Gasteiger partial charge in [-0.3, -0.25) is 0 Å². The van der Waals surface area contributed by atoms with Gasteiger partial charge in [0.25, 0.3) is 0 Å². The van der Waals surface area contributed by atoms with E-state index in [9.17, 15) is 8.42 Å². The number of guanidine groups is 1. The zero-order valence-electron chi connectivity index (χ0n) is 14.7. The van der Waals surface area contributed by atoms with E-state index in [1.807, 2.05) is 31.3 Å². The van der Waals surface area contributed by atoms with Crippen LogP contribution in [0.5, 0.6) is 0 Å². The van der Waals surface area contributed by atoms with E-state index < -0.39 is 9.84 Å². The van der Waals surface area contributed by atoms with E-state index in [2.05, 4.69) is 20.6 Å². The Hall–Kier alpha value is -1.39. The molecule has 1 aromatic rings. The van der Waals surface area contributed by atoms with Crippen molar-refractivity contribution in [2.45, 2.75) is 13.5 Å². The highest BCUT2D eigenvalue weighted by atomic mass is 32.2. The van der Waals surface area contributed by atoms with E-state index in [-0.39, 0.29) is 12.4 Å². The third kappa shape index (κ3) is 9.04. The molecule has 0 saturated heterocycles. The van der Waals surface area contributed by atoms with E-state index in [1.54, 1.807) is 11.3 Å². The van der Waals surface area contributed by atoms with Crippen LogP contribution in [0.3, 0.4) is 0 Å². The molecule has 10 heteroatoms. The third-order valence-electron chi connectivity index (χ3n) is 2.80. The lowest BCUT2D eigenvalue weighted by atomic mass is 10.5. The first-order valence-corrected chi connectivity index (χ1v) is 10.6. The Balaban J connectivity index is 2.36. The molecule has 1 aromatic heterocycles. The van der Waals surface area contributed by atoms with E-state index in [1.165, 1.54) is 6.26 Å². The van der Waals surface area contributed by atoms with Gasteiger partial charge >= 0.3 is 0 Å². The summed E-state index contributed by atoms with van der Waals surface area (Å²) in [6.07, 6.45) is 1.20. The fourth-order valence-corrected chi connectivity index (χ4v) is 2.80. The highest BCUT2D eigenvalue weighted by Crippen LogP contribution is 2.18. The lowest BCUT2D eigenvalue weighted by Crippen LogP contribution is -2.39. The van der Waals surface area contributed by atoms with Gasteiger partial charge in [0.15, 0.2) is 11.1 Å². The van der Waals surface area contributed by atoms with E-state index >= 15 is 0 Å². The molecule has 0 spiro atoms. The van der Waals surface area contributed by atoms with Gasteiger partial charge in [-0.1, -0.05) is 0 Å². The standard InChI is InChI=1S/C14H27N5O3S2/c1-5-15-13(16-6-7-22-8-9-24(4,20)21)17-10-12-11-23-14(18-12)19(2)3/h11H,5-10H2,1-4H3,(H2,15,16,17). The summed E-state index contributed by atoms with van der Waals surface area (Å²) < 4.78 is 27.3. The van der Waals surface area contributed by atoms with Crippen molar-refractivity contribution in [3.63, 3.8) is 0 Å². The SMILES string of the molecule is CCNC(=NCc1csc(N(C)C)n1)NCCOCCS(C)(=O)=O. The molecular formula is C14H27N5O3S2. The van der Waals surface area contributed by atoms with Gasteiger partial charge in [0.1, 0.15) is 9.84 Å². The van der Waals surface area contributed by atoms with Crippen LogP contribution in [0, 0.1) is 0 Å². The summed E-state index contributed by atoms with van der Waals surface area (Å²) in [5, 5.41) is 9.25. The second-order valence-electron chi connectivity index (χ2n) is 5.38. The molecule has 0 aromatic carbocycles. The van der Waals surface area contributed by atoms with Crippen molar-refractivity contribution < 1.29 is 13.2 Å². The number of sulfone groups is 1. The molecule has 0 bridgehead atoms. The second-order valence-corrected chi connectivity index (χ2v) is 8.48. The van der Waals surface area contributed by atoms with E-state index in [0.717, 1.165) is 17.4 Å².